The number of nitrogens with zero attached hydrogens (tertiary/aromatic N) is 3. The summed E-state index contributed by atoms with van der Waals surface area (Å²) in [6.45, 7) is 2.31. The maximum atomic E-state index is 15.0. The molecule has 3 N–H and O–H groups in total. The number of carbonyl (C=O) groups is 3. The molecular formula is C21H29F3N6O4. The Bertz CT molecular complexity index is 882. The highest BCUT2D eigenvalue weighted by molar-refractivity contribution is 5.90. The summed E-state index contributed by atoms with van der Waals surface area (Å²) in [6.07, 6.45) is -1.07. The number of alkyl halides is 1. The van der Waals surface area contributed by atoms with Gasteiger partial charge in [-0.15, -0.1) is 0 Å². The van der Waals surface area contributed by atoms with Gasteiger partial charge in [0.1, 0.15) is 11.8 Å². The van der Waals surface area contributed by atoms with E-state index >= 15 is 0 Å². The molecule has 0 aliphatic carbocycles. The number of benzene rings is 1. The van der Waals surface area contributed by atoms with Crippen LogP contribution in [0.5, 0.6) is 0 Å². The van der Waals surface area contributed by atoms with E-state index < -0.39 is 30.5 Å². The van der Waals surface area contributed by atoms with Crippen molar-refractivity contribution in [3.8, 4) is 0 Å². The van der Waals surface area contributed by atoms with Gasteiger partial charge in [-0.05, 0) is 13.0 Å². The SMILES string of the molecule is CC(=O)NC[C@H]1CN(c2cc(F)c(N3CCNN(C(=O)CNCCCF)CC3)c(F)c2)C(=O)O1. The lowest BCUT2D eigenvalue weighted by atomic mass is 10.2. The Kier molecular flexibility index (Phi) is 8.93. The lowest BCUT2D eigenvalue weighted by Gasteiger charge is -2.25. The molecule has 1 aromatic rings. The number of rotatable bonds is 9. The number of nitrogens with one attached hydrogen (secondary N) is 3. The lowest BCUT2D eigenvalue weighted by Crippen LogP contribution is -2.47. The van der Waals surface area contributed by atoms with Crippen molar-refractivity contribution in [1.82, 2.24) is 21.1 Å². The fourth-order valence-corrected chi connectivity index (χ4v) is 3.76. The summed E-state index contributed by atoms with van der Waals surface area (Å²) >= 11 is 0. The van der Waals surface area contributed by atoms with E-state index in [2.05, 4.69) is 16.1 Å². The normalized spacial score (nSPS) is 18.6. The molecule has 1 aromatic carbocycles. The number of halogens is 3. The Morgan fingerprint density at radius 3 is 2.62 bits per heavy atom. The van der Waals surface area contributed by atoms with Crippen molar-refractivity contribution in [3.63, 3.8) is 0 Å². The van der Waals surface area contributed by atoms with Gasteiger partial charge in [-0.25, -0.2) is 19.0 Å². The monoisotopic (exact) mass is 486 g/mol. The second kappa shape index (κ2) is 11.9. The first-order valence-electron chi connectivity index (χ1n) is 11.1. The van der Waals surface area contributed by atoms with Crippen LogP contribution in [-0.2, 0) is 14.3 Å². The van der Waals surface area contributed by atoms with E-state index in [1.165, 1.54) is 16.8 Å². The molecule has 0 saturated carbocycles. The second-order valence-electron chi connectivity index (χ2n) is 7.97. The average molecular weight is 486 g/mol. The number of hydrogen-bond acceptors (Lipinski definition) is 7. The van der Waals surface area contributed by atoms with Gasteiger partial charge < -0.3 is 20.3 Å². The highest BCUT2D eigenvalue weighted by Gasteiger charge is 2.34. The number of amides is 3. The quantitative estimate of drug-likeness (QED) is 0.437. The van der Waals surface area contributed by atoms with Crippen LogP contribution in [0.4, 0.5) is 29.3 Å². The Hall–Kier alpha value is -3.06. The predicted molar refractivity (Wildman–Crippen MR) is 118 cm³/mol. The van der Waals surface area contributed by atoms with Crippen LogP contribution < -0.4 is 25.9 Å². The molecule has 2 saturated heterocycles. The van der Waals surface area contributed by atoms with E-state index in [0.717, 1.165) is 17.0 Å². The topological polar surface area (TPSA) is 106 Å². The van der Waals surface area contributed by atoms with Crippen LogP contribution in [0.25, 0.3) is 0 Å². The third-order valence-corrected chi connectivity index (χ3v) is 5.42. The van der Waals surface area contributed by atoms with Gasteiger partial charge in [-0.3, -0.25) is 23.9 Å². The van der Waals surface area contributed by atoms with Crippen molar-refractivity contribution < 1.29 is 32.3 Å². The molecule has 2 aliphatic heterocycles. The molecule has 188 valence electrons. The first kappa shape index (κ1) is 25.6. The van der Waals surface area contributed by atoms with E-state index in [4.69, 9.17) is 4.74 Å². The molecule has 1 atom stereocenters. The van der Waals surface area contributed by atoms with Crippen molar-refractivity contribution in [3.05, 3.63) is 23.8 Å². The van der Waals surface area contributed by atoms with E-state index in [0.29, 0.717) is 13.0 Å². The molecule has 0 unspecified atom stereocenters. The van der Waals surface area contributed by atoms with E-state index in [-0.39, 0.29) is 69.0 Å². The number of carbonyl (C=O) groups excluding carboxylic acids is 3. The van der Waals surface area contributed by atoms with Gasteiger partial charge in [-0.1, -0.05) is 0 Å². The van der Waals surface area contributed by atoms with Crippen molar-refractivity contribution >= 4 is 29.3 Å². The molecule has 3 rings (SSSR count). The zero-order valence-corrected chi connectivity index (χ0v) is 18.9. The Morgan fingerprint density at radius 2 is 1.94 bits per heavy atom. The summed E-state index contributed by atoms with van der Waals surface area (Å²) in [4.78, 5) is 38.1. The third-order valence-electron chi connectivity index (χ3n) is 5.42. The minimum Gasteiger partial charge on any atom is -0.442 e. The largest absolute Gasteiger partial charge is 0.442 e. The summed E-state index contributed by atoms with van der Waals surface area (Å²) in [7, 11) is 0. The molecule has 0 spiro atoms. The predicted octanol–water partition coefficient (Wildman–Crippen LogP) is 0.529. The van der Waals surface area contributed by atoms with Gasteiger partial charge >= 0.3 is 6.09 Å². The molecule has 2 aliphatic rings. The minimum absolute atomic E-state index is 0.0122. The summed E-state index contributed by atoms with van der Waals surface area (Å²) in [5.41, 5.74) is 2.70. The van der Waals surface area contributed by atoms with Crippen LogP contribution in [0, 0.1) is 11.6 Å². The van der Waals surface area contributed by atoms with E-state index in [1.807, 2.05) is 0 Å². The minimum atomic E-state index is -0.847. The standard InChI is InChI=1S/C21H29F3N6O4/c1-14(31)26-11-16-13-29(21(33)34-16)15-9-17(23)20(18(24)10-15)28-6-5-27-30(8-7-28)19(32)12-25-4-2-3-22/h9-10,16,25,27H,2-8,11-13H2,1H3,(H,26,31)/t16-/m0/s1. The molecule has 0 bridgehead atoms. The highest BCUT2D eigenvalue weighted by atomic mass is 19.1. The molecule has 13 heteroatoms. The number of hydrogen-bond donors (Lipinski definition) is 3. The Labute approximate surface area is 195 Å². The van der Waals surface area contributed by atoms with Gasteiger partial charge in [0.2, 0.25) is 5.91 Å². The molecule has 34 heavy (non-hydrogen) atoms. The summed E-state index contributed by atoms with van der Waals surface area (Å²) in [6, 6.07) is 2.13. The number of ether oxygens (including phenoxy) is 1. The third kappa shape index (κ3) is 6.50. The van der Waals surface area contributed by atoms with Crippen LogP contribution in [0.2, 0.25) is 0 Å². The fraction of sp³-hybridized carbons (Fsp3) is 0.571. The van der Waals surface area contributed by atoms with Crippen LogP contribution in [-0.4, -0.2) is 88.1 Å². The van der Waals surface area contributed by atoms with Crippen molar-refractivity contribution in [1.29, 1.82) is 0 Å². The molecule has 2 heterocycles. The van der Waals surface area contributed by atoms with Crippen LogP contribution in [0.15, 0.2) is 12.1 Å². The maximum Gasteiger partial charge on any atom is 0.414 e. The van der Waals surface area contributed by atoms with E-state index in [9.17, 15) is 27.6 Å². The summed E-state index contributed by atoms with van der Waals surface area (Å²) in [5.74, 6) is -2.23. The highest BCUT2D eigenvalue weighted by Crippen LogP contribution is 2.31. The lowest BCUT2D eigenvalue weighted by molar-refractivity contribution is -0.133. The van der Waals surface area contributed by atoms with E-state index in [1.54, 1.807) is 0 Å². The van der Waals surface area contributed by atoms with Gasteiger partial charge in [0.15, 0.2) is 11.6 Å². The van der Waals surface area contributed by atoms with Gasteiger partial charge in [-0.2, -0.15) is 0 Å². The van der Waals surface area contributed by atoms with Crippen molar-refractivity contribution in [2.45, 2.75) is 19.4 Å². The number of hydrazine groups is 1. The second-order valence-corrected chi connectivity index (χ2v) is 7.97. The average Bonchev–Trinajstić information content (AvgIpc) is 2.99. The number of anilines is 2. The summed E-state index contributed by atoms with van der Waals surface area (Å²) in [5, 5.41) is 6.77. The van der Waals surface area contributed by atoms with Gasteiger partial charge in [0, 0.05) is 38.7 Å². The first-order valence-corrected chi connectivity index (χ1v) is 11.1. The molecule has 3 amide bonds. The molecule has 0 aromatic heterocycles. The Balaban J connectivity index is 1.63. The maximum absolute atomic E-state index is 15.0. The molecule has 10 nitrogen and oxygen atoms in total. The van der Waals surface area contributed by atoms with Crippen molar-refractivity contribution in [2.24, 2.45) is 0 Å². The molecule has 2 fully saturated rings. The molecule has 0 radical (unpaired) electrons. The Morgan fingerprint density at radius 1 is 1.21 bits per heavy atom. The smallest absolute Gasteiger partial charge is 0.414 e. The zero-order valence-electron chi connectivity index (χ0n) is 18.9. The van der Waals surface area contributed by atoms with Gasteiger partial charge in [0.05, 0.1) is 38.5 Å². The molecular weight excluding hydrogens is 457 g/mol. The van der Waals surface area contributed by atoms with Crippen LogP contribution >= 0.6 is 0 Å². The zero-order chi connectivity index (χ0) is 24.7. The summed E-state index contributed by atoms with van der Waals surface area (Å²) < 4.78 is 47.3. The van der Waals surface area contributed by atoms with Crippen LogP contribution in [0.1, 0.15) is 13.3 Å². The number of cyclic esters (lactones) is 1. The fourth-order valence-electron chi connectivity index (χ4n) is 3.76. The first-order chi connectivity index (χ1) is 16.3. The van der Waals surface area contributed by atoms with Crippen molar-refractivity contribution in [2.75, 3.05) is 68.8 Å². The van der Waals surface area contributed by atoms with Crippen LogP contribution in [0.3, 0.4) is 0 Å². The van der Waals surface area contributed by atoms with Gasteiger partial charge in [0.25, 0.3) is 5.91 Å².